The summed E-state index contributed by atoms with van der Waals surface area (Å²) in [4.78, 5) is 72.6. The van der Waals surface area contributed by atoms with Gasteiger partial charge in [0.2, 0.25) is 0 Å². The molecule has 0 aliphatic carbocycles. The van der Waals surface area contributed by atoms with Gasteiger partial charge >= 0.3 is 39.5 Å². The second-order valence-corrected chi connectivity index (χ2v) is 30.3. The first-order chi connectivity index (χ1) is 43.7. The van der Waals surface area contributed by atoms with Crippen LogP contribution in [0.5, 0.6) is 0 Å². The topological polar surface area (TPSA) is 237 Å². The van der Waals surface area contributed by atoms with Gasteiger partial charge in [0, 0.05) is 25.7 Å². The Morgan fingerprint density at radius 1 is 0.297 bits per heavy atom. The van der Waals surface area contributed by atoms with Crippen LogP contribution in [0.15, 0.2) is 0 Å². The Bertz CT molecular complexity index is 1780. The molecule has 0 radical (unpaired) electrons. The van der Waals surface area contributed by atoms with E-state index in [2.05, 4.69) is 48.5 Å². The Kier molecular flexibility index (Phi) is 61.5. The molecule has 3 N–H and O–H groups in total. The number of carbonyl (C=O) groups is 4. The van der Waals surface area contributed by atoms with Crippen molar-refractivity contribution in [2.75, 3.05) is 39.6 Å². The van der Waals surface area contributed by atoms with Crippen LogP contribution in [0.4, 0.5) is 0 Å². The summed E-state index contributed by atoms with van der Waals surface area (Å²) in [7, 11) is -9.90. The summed E-state index contributed by atoms with van der Waals surface area (Å²) < 4.78 is 68.4. The van der Waals surface area contributed by atoms with E-state index in [9.17, 15) is 43.2 Å². The summed E-state index contributed by atoms with van der Waals surface area (Å²) in [6.45, 7) is 11.8. The highest BCUT2D eigenvalue weighted by Gasteiger charge is 2.30. The van der Waals surface area contributed by atoms with Crippen molar-refractivity contribution in [3.05, 3.63) is 0 Å². The zero-order valence-electron chi connectivity index (χ0n) is 59.3. The first kappa shape index (κ1) is 89.1. The quantitative estimate of drug-likeness (QED) is 0.0222. The molecule has 0 rings (SSSR count). The fourth-order valence-electron chi connectivity index (χ4n) is 10.9. The lowest BCUT2D eigenvalue weighted by molar-refractivity contribution is -0.161. The van der Waals surface area contributed by atoms with E-state index in [0.29, 0.717) is 25.7 Å². The normalized spacial score (nSPS) is 14.2. The summed E-state index contributed by atoms with van der Waals surface area (Å²) in [6, 6.07) is 0. The number of rotatable bonds is 70. The molecule has 17 nitrogen and oxygen atoms in total. The van der Waals surface area contributed by atoms with Gasteiger partial charge in [0.15, 0.2) is 12.2 Å². The molecule has 0 aromatic carbocycles. The van der Waals surface area contributed by atoms with Crippen molar-refractivity contribution in [2.24, 2.45) is 17.8 Å². The minimum atomic E-state index is -4.95. The number of phosphoric ester groups is 2. The van der Waals surface area contributed by atoms with Crippen molar-refractivity contribution in [1.82, 2.24) is 0 Å². The van der Waals surface area contributed by atoms with E-state index < -0.39 is 97.5 Å². The van der Waals surface area contributed by atoms with Crippen molar-refractivity contribution >= 4 is 39.5 Å². The third-order valence-corrected chi connectivity index (χ3v) is 18.5. The van der Waals surface area contributed by atoms with Crippen molar-refractivity contribution < 1.29 is 80.2 Å². The maximum Gasteiger partial charge on any atom is 0.472 e. The van der Waals surface area contributed by atoms with Gasteiger partial charge in [-0.05, 0) is 43.4 Å². The molecular formula is C72H140O17P2. The van der Waals surface area contributed by atoms with Crippen LogP contribution in [0.1, 0.15) is 363 Å². The number of phosphoric acid groups is 2. The highest BCUT2D eigenvalue weighted by Crippen LogP contribution is 2.45. The summed E-state index contributed by atoms with van der Waals surface area (Å²) in [6.07, 6.45) is 47.2. The molecule has 540 valence electrons. The maximum atomic E-state index is 13.0. The zero-order chi connectivity index (χ0) is 67.3. The number of ether oxygens (including phenoxy) is 4. The van der Waals surface area contributed by atoms with Crippen LogP contribution in [0.25, 0.3) is 0 Å². The van der Waals surface area contributed by atoms with Gasteiger partial charge in [0.05, 0.1) is 26.4 Å². The van der Waals surface area contributed by atoms with Crippen LogP contribution in [-0.2, 0) is 65.4 Å². The minimum Gasteiger partial charge on any atom is -0.462 e. The second kappa shape index (κ2) is 62.8. The monoisotopic (exact) mass is 1340 g/mol. The average Bonchev–Trinajstić information content (AvgIpc) is 3.64. The highest BCUT2D eigenvalue weighted by molar-refractivity contribution is 7.47. The molecule has 0 saturated carbocycles. The summed E-state index contributed by atoms with van der Waals surface area (Å²) >= 11 is 0. The zero-order valence-corrected chi connectivity index (χ0v) is 61.1. The van der Waals surface area contributed by atoms with Gasteiger partial charge in [-0.2, -0.15) is 0 Å². The molecule has 0 saturated heterocycles. The second-order valence-electron chi connectivity index (χ2n) is 27.4. The van der Waals surface area contributed by atoms with Crippen LogP contribution in [0.3, 0.4) is 0 Å². The number of esters is 4. The fraction of sp³-hybridized carbons (Fsp3) is 0.944. The van der Waals surface area contributed by atoms with Gasteiger partial charge in [0.25, 0.3) is 0 Å². The standard InChI is InChI=1S/C72H140O17P2/c1-8-9-10-11-12-13-14-16-20-23-32-39-46-53-69(74)82-59-67(88-71(76)55-48-41-34-24-21-18-15-17-19-22-29-36-43-50-63(2)3)61-86-90(78,79)84-57-66(73)58-85-91(80,81)87-62-68(89-72(77)56-49-42-35-28-26-31-38-45-52-65(6)7)60-83-70(75)54-47-40-33-27-25-30-37-44-51-64(4)5/h63-68,73H,8-62H2,1-7H3,(H,78,79)(H,80,81)/t66-,67-,68-/m1/s1. The van der Waals surface area contributed by atoms with Crippen LogP contribution >= 0.6 is 15.6 Å². The lowest BCUT2D eigenvalue weighted by Crippen LogP contribution is -2.30. The minimum absolute atomic E-state index is 0.104. The van der Waals surface area contributed by atoms with Gasteiger partial charge < -0.3 is 33.8 Å². The number of carbonyl (C=O) groups excluding carboxylic acids is 4. The molecule has 0 heterocycles. The van der Waals surface area contributed by atoms with Crippen LogP contribution in [0, 0.1) is 17.8 Å². The van der Waals surface area contributed by atoms with Crippen molar-refractivity contribution in [2.45, 2.75) is 381 Å². The SMILES string of the molecule is CCCCCCCCCCCCCCCC(=O)OC[C@H](COP(=O)(O)OC[C@@H](O)COP(=O)(O)OC[C@@H](COC(=O)CCCCCCCCCCC(C)C)OC(=O)CCCCCCCCCCC(C)C)OC(=O)CCCCCCCCCCCCCCCC(C)C. The van der Waals surface area contributed by atoms with Gasteiger partial charge in [-0.3, -0.25) is 37.3 Å². The Hall–Kier alpha value is -1.94. The van der Waals surface area contributed by atoms with E-state index in [4.69, 9.17) is 37.0 Å². The Balaban J connectivity index is 5.25. The molecule has 0 aliphatic rings. The van der Waals surface area contributed by atoms with Crippen LogP contribution < -0.4 is 0 Å². The van der Waals surface area contributed by atoms with Crippen molar-refractivity contribution in [3.8, 4) is 0 Å². The molecule has 0 amide bonds. The number of hydrogen-bond donors (Lipinski definition) is 3. The summed E-state index contributed by atoms with van der Waals surface area (Å²) in [5, 5.41) is 10.6. The van der Waals surface area contributed by atoms with Gasteiger partial charge in [-0.1, -0.05) is 312 Å². The Labute approximate surface area is 556 Å². The van der Waals surface area contributed by atoms with Crippen molar-refractivity contribution in [3.63, 3.8) is 0 Å². The number of hydrogen-bond acceptors (Lipinski definition) is 15. The number of aliphatic hydroxyl groups excluding tert-OH is 1. The molecule has 2 unspecified atom stereocenters. The predicted octanol–water partition coefficient (Wildman–Crippen LogP) is 20.6. The van der Waals surface area contributed by atoms with Gasteiger partial charge in [-0.15, -0.1) is 0 Å². The Morgan fingerprint density at radius 2 is 0.505 bits per heavy atom. The summed E-state index contributed by atoms with van der Waals surface area (Å²) in [5.41, 5.74) is 0. The van der Waals surface area contributed by atoms with E-state index in [1.54, 1.807) is 0 Å². The lowest BCUT2D eigenvalue weighted by Gasteiger charge is -2.21. The van der Waals surface area contributed by atoms with E-state index in [1.807, 2.05) is 0 Å². The predicted molar refractivity (Wildman–Crippen MR) is 368 cm³/mol. The maximum absolute atomic E-state index is 13.0. The smallest absolute Gasteiger partial charge is 0.462 e. The average molecular weight is 1340 g/mol. The lowest BCUT2D eigenvalue weighted by atomic mass is 10.0. The Morgan fingerprint density at radius 3 is 0.747 bits per heavy atom. The number of aliphatic hydroxyl groups is 1. The van der Waals surface area contributed by atoms with E-state index in [-0.39, 0.29) is 25.7 Å². The largest absolute Gasteiger partial charge is 0.472 e. The molecule has 91 heavy (non-hydrogen) atoms. The molecule has 0 bridgehead atoms. The molecule has 0 fully saturated rings. The van der Waals surface area contributed by atoms with E-state index in [1.165, 1.54) is 173 Å². The third kappa shape index (κ3) is 66.5. The van der Waals surface area contributed by atoms with Crippen LogP contribution in [-0.4, -0.2) is 96.7 Å². The molecule has 0 aliphatic heterocycles. The summed E-state index contributed by atoms with van der Waals surface area (Å²) in [5.74, 6) is 0.107. The van der Waals surface area contributed by atoms with E-state index in [0.717, 1.165) is 108 Å². The van der Waals surface area contributed by atoms with Crippen LogP contribution in [0.2, 0.25) is 0 Å². The third-order valence-electron chi connectivity index (χ3n) is 16.6. The highest BCUT2D eigenvalue weighted by atomic mass is 31.2. The molecule has 0 aromatic rings. The molecule has 0 aromatic heterocycles. The molecular weight excluding hydrogens is 1200 g/mol. The van der Waals surface area contributed by atoms with Gasteiger partial charge in [-0.25, -0.2) is 9.13 Å². The van der Waals surface area contributed by atoms with Crippen molar-refractivity contribution in [1.29, 1.82) is 0 Å². The number of unbranched alkanes of at least 4 members (excludes halogenated alkanes) is 38. The fourth-order valence-corrected chi connectivity index (χ4v) is 12.5. The first-order valence-electron chi connectivity index (χ1n) is 37.3. The first-order valence-corrected chi connectivity index (χ1v) is 40.3. The molecule has 0 spiro atoms. The van der Waals surface area contributed by atoms with Gasteiger partial charge in [0.1, 0.15) is 19.3 Å². The van der Waals surface area contributed by atoms with E-state index >= 15 is 0 Å². The molecule has 5 atom stereocenters. The molecule has 19 heteroatoms.